The molecular weight excluding hydrogens is 235 g/mol. The Morgan fingerprint density at radius 2 is 2.07 bits per heavy atom. The highest BCUT2D eigenvalue weighted by molar-refractivity contribution is 6.35. The van der Waals surface area contributed by atoms with E-state index in [4.69, 9.17) is 27.9 Å². The molecule has 1 N–H and O–H groups in total. The van der Waals surface area contributed by atoms with Crippen LogP contribution in [0.4, 0.5) is 0 Å². The maximum Gasteiger partial charge on any atom is 0.128 e. The molecule has 0 spiro atoms. The van der Waals surface area contributed by atoms with Crippen LogP contribution in [0.2, 0.25) is 10.0 Å². The van der Waals surface area contributed by atoms with E-state index in [1.807, 2.05) is 13.8 Å². The van der Waals surface area contributed by atoms with Crippen LogP contribution in [0.5, 0.6) is 5.75 Å². The van der Waals surface area contributed by atoms with E-state index in [2.05, 4.69) is 0 Å². The molecule has 1 aliphatic heterocycles. The van der Waals surface area contributed by atoms with Gasteiger partial charge in [-0.25, -0.2) is 0 Å². The summed E-state index contributed by atoms with van der Waals surface area (Å²) in [4.78, 5) is 0. The molecule has 1 unspecified atom stereocenters. The van der Waals surface area contributed by atoms with Crippen LogP contribution < -0.4 is 4.74 Å². The number of benzene rings is 1. The maximum atomic E-state index is 9.96. The Kier molecular flexibility index (Phi) is 2.61. The predicted octanol–water partition coefficient (Wildman–Crippen LogP) is 3.59. The van der Waals surface area contributed by atoms with Gasteiger partial charge in [-0.3, -0.25) is 0 Å². The van der Waals surface area contributed by atoms with Gasteiger partial charge in [0.2, 0.25) is 0 Å². The van der Waals surface area contributed by atoms with Gasteiger partial charge in [0.25, 0.3) is 0 Å². The second kappa shape index (κ2) is 3.55. The van der Waals surface area contributed by atoms with Crippen LogP contribution in [-0.4, -0.2) is 10.7 Å². The first-order chi connectivity index (χ1) is 6.89. The van der Waals surface area contributed by atoms with Gasteiger partial charge in [-0.05, 0) is 26.0 Å². The van der Waals surface area contributed by atoms with Crippen LogP contribution in [0.3, 0.4) is 0 Å². The molecule has 0 radical (unpaired) electrons. The fourth-order valence-electron chi connectivity index (χ4n) is 1.88. The number of halogens is 2. The molecule has 0 saturated heterocycles. The molecule has 82 valence electrons. The monoisotopic (exact) mass is 246 g/mol. The molecule has 1 heterocycles. The molecule has 0 aliphatic carbocycles. The van der Waals surface area contributed by atoms with E-state index in [0.29, 0.717) is 27.8 Å². The molecule has 1 aromatic rings. The third-order valence-electron chi connectivity index (χ3n) is 2.46. The standard InChI is InChI=1S/C11H12Cl2O2/c1-11(2)5-8(14)10-7(13)3-6(12)4-9(10)15-11/h3-4,8,14H,5H2,1-2H3. The van der Waals surface area contributed by atoms with Gasteiger partial charge in [0.05, 0.1) is 11.1 Å². The summed E-state index contributed by atoms with van der Waals surface area (Å²) in [7, 11) is 0. The molecule has 2 rings (SSSR count). The molecule has 1 atom stereocenters. The zero-order valence-electron chi connectivity index (χ0n) is 8.55. The number of ether oxygens (including phenoxy) is 1. The van der Waals surface area contributed by atoms with Crippen LogP contribution in [0.15, 0.2) is 12.1 Å². The third kappa shape index (κ3) is 2.07. The van der Waals surface area contributed by atoms with Gasteiger partial charge < -0.3 is 9.84 Å². The first-order valence-electron chi connectivity index (χ1n) is 4.75. The smallest absolute Gasteiger partial charge is 0.128 e. The summed E-state index contributed by atoms with van der Waals surface area (Å²) >= 11 is 11.9. The van der Waals surface area contributed by atoms with Crippen LogP contribution >= 0.6 is 23.2 Å². The fourth-order valence-corrected chi connectivity index (χ4v) is 2.48. The number of rotatable bonds is 0. The normalized spacial score (nSPS) is 23.1. The lowest BCUT2D eigenvalue weighted by atomic mass is 9.92. The highest BCUT2D eigenvalue weighted by atomic mass is 35.5. The number of aliphatic hydroxyl groups excluding tert-OH is 1. The van der Waals surface area contributed by atoms with E-state index in [1.54, 1.807) is 12.1 Å². The Labute approximate surface area is 98.8 Å². The van der Waals surface area contributed by atoms with Gasteiger partial charge in [-0.15, -0.1) is 0 Å². The number of fused-ring (bicyclic) bond motifs is 1. The van der Waals surface area contributed by atoms with Crippen molar-refractivity contribution in [2.45, 2.75) is 32.0 Å². The van der Waals surface area contributed by atoms with Crippen molar-refractivity contribution in [2.75, 3.05) is 0 Å². The number of hydrogen-bond donors (Lipinski definition) is 1. The molecule has 0 saturated carbocycles. The van der Waals surface area contributed by atoms with Gasteiger partial charge in [0.15, 0.2) is 0 Å². The van der Waals surface area contributed by atoms with Crippen LogP contribution in [0.1, 0.15) is 31.9 Å². The first kappa shape index (κ1) is 11.1. The lowest BCUT2D eigenvalue weighted by Crippen LogP contribution is -2.34. The minimum Gasteiger partial charge on any atom is -0.487 e. The van der Waals surface area contributed by atoms with Crippen LogP contribution in [0.25, 0.3) is 0 Å². The summed E-state index contributed by atoms with van der Waals surface area (Å²) < 4.78 is 5.72. The Hall–Kier alpha value is -0.440. The molecule has 0 aromatic heterocycles. The van der Waals surface area contributed by atoms with Gasteiger partial charge in [0, 0.05) is 17.0 Å². The third-order valence-corrected chi connectivity index (χ3v) is 2.99. The Morgan fingerprint density at radius 1 is 1.40 bits per heavy atom. The predicted molar refractivity (Wildman–Crippen MR) is 60.7 cm³/mol. The van der Waals surface area contributed by atoms with Crippen molar-refractivity contribution in [2.24, 2.45) is 0 Å². The minimum atomic E-state index is -0.589. The summed E-state index contributed by atoms with van der Waals surface area (Å²) in [5.74, 6) is 0.580. The second-order valence-electron chi connectivity index (χ2n) is 4.38. The van der Waals surface area contributed by atoms with Crippen molar-refractivity contribution in [3.05, 3.63) is 27.7 Å². The molecule has 0 fully saturated rings. The van der Waals surface area contributed by atoms with E-state index in [-0.39, 0.29) is 5.60 Å². The summed E-state index contributed by atoms with van der Waals surface area (Å²) in [6.07, 6.45) is -0.0602. The SMILES string of the molecule is CC1(C)CC(O)c2c(Cl)cc(Cl)cc2O1. The average molecular weight is 247 g/mol. The van der Waals surface area contributed by atoms with Crippen molar-refractivity contribution < 1.29 is 9.84 Å². The minimum absolute atomic E-state index is 0.388. The molecule has 15 heavy (non-hydrogen) atoms. The first-order valence-corrected chi connectivity index (χ1v) is 5.51. The number of hydrogen-bond acceptors (Lipinski definition) is 2. The lowest BCUT2D eigenvalue weighted by Gasteiger charge is -2.36. The highest BCUT2D eigenvalue weighted by Crippen LogP contribution is 2.44. The highest BCUT2D eigenvalue weighted by Gasteiger charge is 2.34. The second-order valence-corrected chi connectivity index (χ2v) is 5.22. The molecule has 0 amide bonds. The molecule has 1 aliphatic rings. The quantitative estimate of drug-likeness (QED) is 0.759. The topological polar surface area (TPSA) is 29.5 Å². The fraction of sp³-hybridized carbons (Fsp3) is 0.455. The molecule has 4 heteroatoms. The van der Waals surface area contributed by atoms with Gasteiger partial charge in [0.1, 0.15) is 11.4 Å². The zero-order valence-corrected chi connectivity index (χ0v) is 10.1. The summed E-state index contributed by atoms with van der Waals surface area (Å²) in [5.41, 5.74) is 0.251. The largest absolute Gasteiger partial charge is 0.487 e. The summed E-state index contributed by atoms with van der Waals surface area (Å²) in [6, 6.07) is 3.31. The van der Waals surface area contributed by atoms with E-state index >= 15 is 0 Å². The van der Waals surface area contributed by atoms with Crippen molar-refractivity contribution in [3.63, 3.8) is 0 Å². The number of aliphatic hydroxyl groups is 1. The van der Waals surface area contributed by atoms with E-state index in [1.165, 1.54) is 0 Å². The summed E-state index contributed by atoms with van der Waals surface area (Å²) in [6.45, 7) is 3.85. The molecule has 1 aromatic carbocycles. The van der Waals surface area contributed by atoms with Gasteiger partial charge in [-0.2, -0.15) is 0 Å². The van der Waals surface area contributed by atoms with Gasteiger partial charge in [-0.1, -0.05) is 23.2 Å². The van der Waals surface area contributed by atoms with Crippen LogP contribution in [-0.2, 0) is 0 Å². The van der Waals surface area contributed by atoms with E-state index < -0.39 is 6.10 Å². The lowest BCUT2D eigenvalue weighted by molar-refractivity contribution is 0.0116. The molecule has 0 bridgehead atoms. The molecule has 2 nitrogen and oxygen atoms in total. The summed E-state index contributed by atoms with van der Waals surface area (Å²) in [5, 5.41) is 10.9. The Morgan fingerprint density at radius 3 is 2.73 bits per heavy atom. The van der Waals surface area contributed by atoms with Crippen molar-refractivity contribution in [3.8, 4) is 5.75 Å². The van der Waals surface area contributed by atoms with Crippen LogP contribution in [0, 0.1) is 0 Å². The van der Waals surface area contributed by atoms with Crippen molar-refractivity contribution in [1.29, 1.82) is 0 Å². The van der Waals surface area contributed by atoms with Crippen molar-refractivity contribution in [1.82, 2.24) is 0 Å². The van der Waals surface area contributed by atoms with Gasteiger partial charge >= 0.3 is 0 Å². The maximum absolute atomic E-state index is 9.96. The van der Waals surface area contributed by atoms with Crippen molar-refractivity contribution >= 4 is 23.2 Å². The average Bonchev–Trinajstić information content (AvgIpc) is 1.97. The van der Waals surface area contributed by atoms with E-state index in [9.17, 15) is 5.11 Å². The Bertz CT molecular complexity index is 402. The Balaban J connectivity index is 2.55. The molecular formula is C11H12Cl2O2. The van der Waals surface area contributed by atoms with E-state index in [0.717, 1.165) is 0 Å². The zero-order chi connectivity index (χ0) is 11.2.